The van der Waals surface area contributed by atoms with Crippen molar-refractivity contribution in [3.8, 4) is 0 Å². The summed E-state index contributed by atoms with van der Waals surface area (Å²) in [4.78, 5) is 37.1. The molecule has 0 fully saturated rings. The summed E-state index contributed by atoms with van der Waals surface area (Å²) in [6, 6.07) is 7.72. The lowest BCUT2D eigenvalue weighted by atomic mass is 10.0. The first-order chi connectivity index (χ1) is 12.8. The van der Waals surface area contributed by atoms with Crippen LogP contribution in [0.2, 0.25) is 5.02 Å². The van der Waals surface area contributed by atoms with Crippen LogP contribution < -0.4 is 10.6 Å². The smallest absolute Gasteiger partial charge is 0.329 e. The summed E-state index contributed by atoms with van der Waals surface area (Å²) in [6.07, 6.45) is 0. The molecule has 1 atom stereocenters. The van der Waals surface area contributed by atoms with Gasteiger partial charge in [-0.05, 0) is 42.0 Å². The summed E-state index contributed by atoms with van der Waals surface area (Å²) in [5, 5.41) is 7.61. The van der Waals surface area contributed by atoms with Gasteiger partial charge >= 0.3 is 5.97 Å². The zero-order chi connectivity index (χ0) is 20.0. The highest BCUT2D eigenvalue weighted by molar-refractivity contribution is 7.12. The van der Waals surface area contributed by atoms with Crippen LogP contribution in [-0.4, -0.2) is 30.4 Å². The molecule has 6 nitrogen and oxygen atoms in total. The van der Waals surface area contributed by atoms with E-state index in [-0.39, 0.29) is 11.8 Å². The molecule has 27 heavy (non-hydrogen) atoms. The number of halogens is 1. The van der Waals surface area contributed by atoms with E-state index in [1.54, 1.807) is 56.5 Å². The van der Waals surface area contributed by atoms with Crippen LogP contribution in [0.1, 0.15) is 29.1 Å². The molecule has 1 heterocycles. The maximum absolute atomic E-state index is 12.3. The molecular formula is C19H21ClN2O4S. The monoisotopic (exact) mass is 408 g/mol. The van der Waals surface area contributed by atoms with Crippen molar-refractivity contribution in [2.24, 2.45) is 5.92 Å². The number of amides is 2. The standard InChI is InChI=1S/C19H21ClN2O4S/c1-11(2)17(22-18(24)15-8-5-9-27-15)19(25)26-10-16(23)21-14-7-4-6-13(20)12(14)3/h4-9,11,17H,10H2,1-3H3,(H,21,23)(H,22,24)/t17-/m0/s1. The number of benzene rings is 1. The van der Waals surface area contributed by atoms with Crippen LogP contribution in [0, 0.1) is 12.8 Å². The molecule has 2 aromatic rings. The number of thiophene rings is 1. The van der Waals surface area contributed by atoms with Crippen molar-refractivity contribution in [1.29, 1.82) is 0 Å². The van der Waals surface area contributed by atoms with Gasteiger partial charge in [0.2, 0.25) is 0 Å². The molecule has 0 saturated heterocycles. The van der Waals surface area contributed by atoms with Crippen LogP contribution in [0.3, 0.4) is 0 Å². The Balaban J connectivity index is 1.92. The molecule has 1 aromatic carbocycles. The molecule has 2 rings (SSSR count). The van der Waals surface area contributed by atoms with Crippen LogP contribution in [0.15, 0.2) is 35.7 Å². The summed E-state index contributed by atoms with van der Waals surface area (Å²) >= 11 is 7.30. The van der Waals surface area contributed by atoms with E-state index in [1.165, 1.54) is 11.3 Å². The second kappa shape index (κ2) is 9.53. The second-order valence-corrected chi connectivity index (χ2v) is 7.60. The highest BCUT2D eigenvalue weighted by Gasteiger charge is 2.27. The minimum absolute atomic E-state index is 0.195. The number of nitrogens with one attached hydrogen (secondary N) is 2. The van der Waals surface area contributed by atoms with Crippen molar-refractivity contribution in [3.05, 3.63) is 51.2 Å². The maximum atomic E-state index is 12.3. The van der Waals surface area contributed by atoms with Gasteiger partial charge in [-0.25, -0.2) is 4.79 Å². The average molecular weight is 409 g/mol. The largest absolute Gasteiger partial charge is 0.454 e. The first-order valence-electron chi connectivity index (χ1n) is 8.35. The predicted octanol–water partition coefficient (Wildman–Crippen LogP) is 3.65. The number of carbonyl (C=O) groups excluding carboxylic acids is 3. The lowest BCUT2D eigenvalue weighted by molar-refractivity contribution is -0.150. The van der Waals surface area contributed by atoms with Gasteiger partial charge in [-0.1, -0.05) is 37.6 Å². The molecule has 1 aromatic heterocycles. The third kappa shape index (κ3) is 5.80. The Bertz CT molecular complexity index is 821. The molecule has 0 aliphatic heterocycles. The lowest BCUT2D eigenvalue weighted by Crippen LogP contribution is -2.45. The van der Waals surface area contributed by atoms with Gasteiger partial charge in [0.25, 0.3) is 11.8 Å². The number of hydrogen-bond donors (Lipinski definition) is 2. The predicted molar refractivity (Wildman–Crippen MR) is 106 cm³/mol. The first-order valence-corrected chi connectivity index (χ1v) is 9.61. The Morgan fingerprint density at radius 1 is 1.19 bits per heavy atom. The molecule has 0 radical (unpaired) electrons. The van der Waals surface area contributed by atoms with Gasteiger partial charge in [0.15, 0.2) is 6.61 Å². The number of ether oxygens (including phenoxy) is 1. The highest BCUT2D eigenvalue weighted by Crippen LogP contribution is 2.22. The third-order valence-electron chi connectivity index (χ3n) is 3.84. The lowest BCUT2D eigenvalue weighted by Gasteiger charge is -2.20. The number of rotatable bonds is 7. The molecule has 144 valence electrons. The van der Waals surface area contributed by atoms with E-state index in [1.807, 2.05) is 0 Å². The summed E-state index contributed by atoms with van der Waals surface area (Å²) < 4.78 is 5.09. The molecular weight excluding hydrogens is 388 g/mol. The Hall–Kier alpha value is -2.38. The summed E-state index contributed by atoms with van der Waals surface area (Å²) in [7, 11) is 0. The topological polar surface area (TPSA) is 84.5 Å². The number of esters is 1. The molecule has 2 amide bonds. The molecule has 0 unspecified atom stereocenters. The van der Waals surface area contributed by atoms with Crippen molar-refractivity contribution < 1.29 is 19.1 Å². The van der Waals surface area contributed by atoms with Crippen LogP contribution >= 0.6 is 22.9 Å². The molecule has 0 aliphatic carbocycles. The summed E-state index contributed by atoms with van der Waals surface area (Å²) in [6.45, 7) is 4.90. The molecule has 0 bridgehead atoms. The van der Waals surface area contributed by atoms with Gasteiger partial charge in [-0.3, -0.25) is 9.59 Å². The fourth-order valence-corrected chi connectivity index (χ4v) is 3.07. The van der Waals surface area contributed by atoms with Gasteiger partial charge < -0.3 is 15.4 Å². The maximum Gasteiger partial charge on any atom is 0.329 e. The first kappa shape index (κ1) is 20.9. The van der Waals surface area contributed by atoms with Crippen molar-refractivity contribution in [1.82, 2.24) is 5.32 Å². The van der Waals surface area contributed by atoms with Gasteiger partial charge in [0.1, 0.15) is 6.04 Å². The van der Waals surface area contributed by atoms with E-state index in [0.29, 0.717) is 15.6 Å². The number of hydrogen-bond acceptors (Lipinski definition) is 5. The van der Waals surface area contributed by atoms with Gasteiger partial charge in [0, 0.05) is 10.7 Å². The zero-order valence-corrected chi connectivity index (χ0v) is 16.8. The van der Waals surface area contributed by atoms with Crippen LogP contribution in [0.4, 0.5) is 5.69 Å². The average Bonchev–Trinajstić information content (AvgIpc) is 3.16. The molecule has 2 N–H and O–H groups in total. The van der Waals surface area contributed by atoms with E-state index in [0.717, 1.165) is 5.56 Å². The van der Waals surface area contributed by atoms with Crippen molar-refractivity contribution in [2.45, 2.75) is 26.8 Å². The van der Waals surface area contributed by atoms with Gasteiger partial charge in [-0.15, -0.1) is 11.3 Å². The van der Waals surface area contributed by atoms with Gasteiger partial charge in [0.05, 0.1) is 4.88 Å². The quantitative estimate of drug-likeness (QED) is 0.685. The molecule has 0 saturated carbocycles. The minimum atomic E-state index is -0.847. The van der Waals surface area contributed by atoms with Crippen LogP contribution in [-0.2, 0) is 14.3 Å². The second-order valence-electron chi connectivity index (χ2n) is 6.24. The van der Waals surface area contributed by atoms with E-state index in [9.17, 15) is 14.4 Å². The number of carbonyl (C=O) groups is 3. The number of anilines is 1. The Labute approximate surface area is 166 Å². The zero-order valence-electron chi connectivity index (χ0n) is 15.2. The Kier molecular flexibility index (Phi) is 7.38. The van der Waals surface area contributed by atoms with Crippen molar-refractivity contribution >= 4 is 46.4 Å². The molecule has 8 heteroatoms. The summed E-state index contributed by atoms with van der Waals surface area (Å²) in [5.74, 6) is -1.69. The fraction of sp³-hybridized carbons (Fsp3) is 0.316. The van der Waals surface area contributed by atoms with Gasteiger partial charge in [-0.2, -0.15) is 0 Å². The van der Waals surface area contributed by atoms with Crippen molar-refractivity contribution in [2.75, 3.05) is 11.9 Å². The van der Waals surface area contributed by atoms with Crippen molar-refractivity contribution in [3.63, 3.8) is 0 Å². The van der Waals surface area contributed by atoms with E-state index < -0.39 is 24.5 Å². The van der Waals surface area contributed by atoms with Crippen LogP contribution in [0.5, 0.6) is 0 Å². The third-order valence-corrected chi connectivity index (χ3v) is 5.12. The Morgan fingerprint density at radius 3 is 2.56 bits per heavy atom. The Morgan fingerprint density at radius 2 is 1.93 bits per heavy atom. The van der Waals surface area contributed by atoms with E-state index in [2.05, 4.69) is 10.6 Å². The SMILES string of the molecule is Cc1c(Cl)cccc1NC(=O)COC(=O)[C@@H](NC(=O)c1cccs1)C(C)C. The molecule has 0 spiro atoms. The van der Waals surface area contributed by atoms with E-state index in [4.69, 9.17) is 16.3 Å². The summed E-state index contributed by atoms with van der Waals surface area (Å²) in [5.41, 5.74) is 1.28. The fourth-order valence-electron chi connectivity index (χ4n) is 2.27. The normalized spacial score (nSPS) is 11.7. The minimum Gasteiger partial charge on any atom is -0.454 e. The van der Waals surface area contributed by atoms with Crippen LogP contribution in [0.25, 0.3) is 0 Å². The molecule has 0 aliphatic rings. The van der Waals surface area contributed by atoms with E-state index >= 15 is 0 Å². The highest BCUT2D eigenvalue weighted by atomic mass is 35.5.